The summed E-state index contributed by atoms with van der Waals surface area (Å²) in [4.78, 5) is 15.6. The summed E-state index contributed by atoms with van der Waals surface area (Å²) < 4.78 is 45.3. The molecule has 1 amide bonds. The van der Waals surface area contributed by atoms with Crippen molar-refractivity contribution in [1.82, 2.24) is 9.21 Å². The first kappa shape index (κ1) is 29.2. The molecule has 0 saturated heterocycles. The van der Waals surface area contributed by atoms with E-state index < -0.39 is 10.0 Å². The van der Waals surface area contributed by atoms with Crippen LogP contribution in [0.2, 0.25) is 0 Å². The zero-order chi connectivity index (χ0) is 28.7. The van der Waals surface area contributed by atoms with Crippen LogP contribution in [-0.4, -0.2) is 56.9 Å². The summed E-state index contributed by atoms with van der Waals surface area (Å²) in [6.45, 7) is 4.04. The zero-order valence-electron chi connectivity index (χ0n) is 23.4. The number of nitrogens with zero attached hydrogens (tertiary/aromatic N) is 2. The van der Waals surface area contributed by atoms with Gasteiger partial charge in [0.2, 0.25) is 15.9 Å². The first-order valence-electron chi connectivity index (χ1n) is 13.3. The number of rotatable bonds is 13. The molecule has 0 aliphatic carbocycles. The lowest BCUT2D eigenvalue weighted by Gasteiger charge is -2.30. The predicted molar refractivity (Wildman–Crippen MR) is 155 cm³/mol. The average molecular weight is 565 g/mol. The highest BCUT2D eigenvalue weighted by molar-refractivity contribution is 7.89. The van der Waals surface area contributed by atoms with Crippen LogP contribution in [-0.2, 0) is 27.8 Å². The van der Waals surface area contributed by atoms with Gasteiger partial charge in [-0.1, -0.05) is 43.3 Å². The Morgan fingerprint density at radius 1 is 0.925 bits per heavy atom. The Morgan fingerprint density at radius 3 is 2.35 bits per heavy atom. The fourth-order valence-corrected chi connectivity index (χ4v) is 6.25. The maximum atomic E-state index is 13.9. The summed E-state index contributed by atoms with van der Waals surface area (Å²) in [5, 5.41) is 1.78. The number of fused-ring (bicyclic) bond motifs is 1. The van der Waals surface area contributed by atoms with E-state index in [1.165, 1.54) is 4.31 Å². The molecular weight excluding hydrogens is 528 g/mol. The van der Waals surface area contributed by atoms with Crippen molar-refractivity contribution in [1.29, 1.82) is 0 Å². The summed E-state index contributed by atoms with van der Waals surface area (Å²) >= 11 is 0. The lowest BCUT2D eigenvalue weighted by Crippen LogP contribution is -2.46. The smallest absolute Gasteiger partial charge is 0.243 e. The number of ether oxygens (including phenoxy) is 2. The summed E-state index contributed by atoms with van der Waals surface area (Å²) in [5.41, 5.74) is 0.956. The summed E-state index contributed by atoms with van der Waals surface area (Å²) in [6.07, 6.45) is 2.65. The normalized spacial score (nSPS) is 12.4. The Bertz CT molecular complexity index is 1530. The van der Waals surface area contributed by atoms with Gasteiger partial charge in [-0.2, -0.15) is 4.31 Å². The molecular formula is C31H36N2O6S. The van der Waals surface area contributed by atoms with Gasteiger partial charge in [-0.25, -0.2) is 8.42 Å². The van der Waals surface area contributed by atoms with Crippen LogP contribution in [0.25, 0.3) is 10.8 Å². The van der Waals surface area contributed by atoms with E-state index in [1.54, 1.807) is 55.7 Å². The molecule has 1 unspecified atom stereocenters. The maximum Gasteiger partial charge on any atom is 0.243 e. The van der Waals surface area contributed by atoms with Gasteiger partial charge in [0.15, 0.2) is 11.5 Å². The molecule has 4 aromatic rings. The van der Waals surface area contributed by atoms with E-state index in [9.17, 15) is 13.2 Å². The van der Waals surface area contributed by atoms with Crippen molar-refractivity contribution >= 4 is 26.7 Å². The molecule has 1 heterocycles. The van der Waals surface area contributed by atoms with Gasteiger partial charge in [0.25, 0.3) is 0 Å². The zero-order valence-corrected chi connectivity index (χ0v) is 24.2. The van der Waals surface area contributed by atoms with Crippen molar-refractivity contribution in [2.75, 3.05) is 27.3 Å². The third kappa shape index (κ3) is 6.66. The molecule has 0 aliphatic rings. The number of benzene rings is 3. The first-order valence-corrected chi connectivity index (χ1v) is 14.7. The monoisotopic (exact) mass is 564 g/mol. The van der Waals surface area contributed by atoms with Gasteiger partial charge in [0, 0.05) is 12.6 Å². The van der Waals surface area contributed by atoms with E-state index >= 15 is 0 Å². The third-order valence-electron chi connectivity index (χ3n) is 7.10. The number of carbonyl (C=O) groups excluding carboxylic acids is 1. The van der Waals surface area contributed by atoms with Crippen LogP contribution in [0, 0.1) is 0 Å². The van der Waals surface area contributed by atoms with Crippen LogP contribution >= 0.6 is 0 Å². The van der Waals surface area contributed by atoms with Gasteiger partial charge >= 0.3 is 0 Å². The second-order valence-corrected chi connectivity index (χ2v) is 11.5. The summed E-state index contributed by atoms with van der Waals surface area (Å²) in [5.74, 6) is 1.54. The van der Waals surface area contributed by atoms with Gasteiger partial charge in [-0.3, -0.25) is 4.79 Å². The van der Waals surface area contributed by atoms with E-state index in [0.717, 1.165) is 16.3 Å². The molecule has 3 aromatic carbocycles. The Morgan fingerprint density at radius 2 is 1.68 bits per heavy atom. The lowest BCUT2D eigenvalue weighted by molar-refractivity contribution is -0.132. The molecule has 0 N–H and O–H groups in total. The van der Waals surface area contributed by atoms with Gasteiger partial charge in [0.05, 0.1) is 38.5 Å². The number of hydrogen-bond donors (Lipinski definition) is 0. The van der Waals surface area contributed by atoms with Gasteiger partial charge in [0.1, 0.15) is 5.76 Å². The highest BCUT2D eigenvalue weighted by Crippen LogP contribution is 2.28. The quantitative estimate of drug-likeness (QED) is 0.213. The van der Waals surface area contributed by atoms with Gasteiger partial charge < -0.3 is 18.8 Å². The molecule has 8 nitrogen and oxygen atoms in total. The highest BCUT2D eigenvalue weighted by Gasteiger charge is 2.32. The van der Waals surface area contributed by atoms with Crippen molar-refractivity contribution in [2.45, 2.75) is 44.2 Å². The molecule has 0 bridgehead atoms. The van der Waals surface area contributed by atoms with E-state index in [1.807, 2.05) is 56.3 Å². The van der Waals surface area contributed by atoms with Crippen molar-refractivity contribution in [3.05, 3.63) is 90.4 Å². The largest absolute Gasteiger partial charge is 0.493 e. The molecule has 4 rings (SSSR count). The van der Waals surface area contributed by atoms with Crippen LogP contribution in [0.1, 0.15) is 31.6 Å². The highest BCUT2D eigenvalue weighted by atomic mass is 32.2. The minimum absolute atomic E-state index is 0.169. The van der Waals surface area contributed by atoms with Crippen molar-refractivity contribution < 1.29 is 27.1 Å². The van der Waals surface area contributed by atoms with E-state index in [-0.39, 0.29) is 29.9 Å². The standard InChI is InChI=1S/C31H36N2O6S/c1-5-23(2)33(40(35,36)28-14-13-25-9-6-7-10-26(25)20-28)22-31(34)32(21-27-11-8-18-39-27)17-16-24-12-15-29(37-3)30(19-24)38-4/h6-15,18-20,23H,5,16-17,21-22H2,1-4H3. The molecule has 0 fully saturated rings. The molecule has 0 spiro atoms. The number of furan rings is 1. The van der Waals surface area contributed by atoms with E-state index in [0.29, 0.717) is 36.6 Å². The predicted octanol–water partition coefficient (Wildman–Crippen LogP) is 5.51. The molecule has 0 aliphatic heterocycles. The Hall–Kier alpha value is -3.82. The van der Waals surface area contributed by atoms with Crippen LogP contribution in [0.3, 0.4) is 0 Å². The van der Waals surface area contributed by atoms with Crippen LogP contribution in [0.5, 0.6) is 11.5 Å². The number of carbonyl (C=O) groups is 1. The number of methoxy groups -OCH3 is 2. The minimum Gasteiger partial charge on any atom is -0.493 e. The average Bonchev–Trinajstić information content (AvgIpc) is 3.50. The SMILES string of the molecule is CCC(C)N(CC(=O)N(CCc1ccc(OC)c(OC)c1)Cc1ccco1)S(=O)(=O)c1ccc2ccccc2c1. The van der Waals surface area contributed by atoms with Crippen LogP contribution in [0.15, 0.2) is 88.4 Å². The van der Waals surface area contributed by atoms with Crippen molar-refractivity contribution in [2.24, 2.45) is 0 Å². The van der Waals surface area contributed by atoms with E-state index in [4.69, 9.17) is 13.9 Å². The molecule has 0 radical (unpaired) electrons. The summed E-state index contributed by atoms with van der Waals surface area (Å²) in [6, 6.07) is 21.5. The molecule has 0 saturated carbocycles. The van der Waals surface area contributed by atoms with Gasteiger partial charge in [-0.05, 0) is 72.5 Å². The topological polar surface area (TPSA) is 89.3 Å². The number of hydrogen-bond acceptors (Lipinski definition) is 6. The van der Waals surface area contributed by atoms with E-state index in [2.05, 4.69) is 0 Å². The van der Waals surface area contributed by atoms with Gasteiger partial charge in [-0.15, -0.1) is 0 Å². The summed E-state index contributed by atoms with van der Waals surface area (Å²) in [7, 11) is -0.789. The Labute approximate surface area is 236 Å². The maximum absolute atomic E-state index is 13.9. The Balaban J connectivity index is 1.59. The first-order chi connectivity index (χ1) is 19.3. The lowest BCUT2D eigenvalue weighted by atomic mass is 10.1. The number of sulfonamides is 1. The molecule has 9 heteroatoms. The van der Waals surface area contributed by atoms with Crippen molar-refractivity contribution in [3.63, 3.8) is 0 Å². The molecule has 40 heavy (non-hydrogen) atoms. The van der Waals surface area contributed by atoms with Crippen molar-refractivity contribution in [3.8, 4) is 11.5 Å². The third-order valence-corrected chi connectivity index (χ3v) is 9.06. The Kier molecular flexibility index (Phi) is 9.50. The fraction of sp³-hybridized carbons (Fsp3) is 0.323. The molecule has 1 aromatic heterocycles. The second kappa shape index (κ2) is 13.0. The van der Waals surface area contributed by atoms with Crippen LogP contribution in [0.4, 0.5) is 0 Å². The fourth-order valence-electron chi connectivity index (χ4n) is 4.56. The molecule has 1 atom stereocenters. The second-order valence-electron chi connectivity index (χ2n) is 9.65. The minimum atomic E-state index is -3.95. The van der Waals surface area contributed by atoms with Crippen LogP contribution < -0.4 is 9.47 Å². The number of amides is 1. The molecule has 212 valence electrons.